The Bertz CT molecular complexity index is 317. The molecule has 0 unspecified atom stereocenters. The molecule has 4 N–H and O–H groups in total. The number of carbonyl (C=O) groups is 1. The van der Waals surface area contributed by atoms with Crippen LogP contribution in [-0.4, -0.2) is 21.3 Å². The molecule has 0 bridgehead atoms. The molecule has 5 heteroatoms. The summed E-state index contributed by atoms with van der Waals surface area (Å²) in [5.74, 6) is -0.594. The van der Waals surface area contributed by atoms with Crippen LogP contribution in [0.25, 0.3) is 0 Å². The smallest absolute Gasteiger partial charge is 0.341 e. The lowest BCUT2D eigenvalue weighted by molar-refractivity contribution is 0.0697. The topological polar surface area (TPSA) is 92.0 Å². The summed E-state index contributed by atoms with van der Waals surface area (Å²) in [6, 6.07) is 0. The maximum Gasteiger partial charge on any atom is 0.341 e. The monoisotopic (exact) mass is 183 g/mol. The van der Waals surface area contributed by atoms with Gasteiger partial charge in [0.15, 0.2) is 5.82 Å². The average molecular weight is 183 g/mol. The molecule has 1 rings (SSSR count). The molecular formula is C8H13N3O2. The number of hydrogen-bond donors (Lipinski definition) is 3. The number of nitrogens with zero attached hydrogens (tertiary/aromatic N) is 1. The summed E-state index contributed by atoms with van der Waals surface area (Å²) < 4.78 is 0. The van der Waals surface area contributed by atoms with Crippen LogP contribution in [-0.2, 0) is 6.42 Å². The van der Waals surface area contributed by atoms with Gasteiger partial charge in [-0.1, -0.05) is 13.8 Å². The Hall–Kier alpha value is -1.52. The Morgan fingerprint density at radius 2 is 2.31 bits per heavy atom. The van der Waals surface area contributed by atoms with Gasteiger partial charge in [0, 0.05) is 0 Å². The SMILES string of the molecule is CC(C)Cc1[nH]nc(N)c1C(=O)O. The maximum atomic E-state index is 10.7. The summed E-state index contributed by atoms with van der Waals surface area (Å²) >= 11 is 0. The maximum absolute atomic E-state index is 10.7. The van der Waals surface area contributed by atoms with Crippen LogP contribution < -0.4 is 5.73 Å². The Labute approximate surface area is 75.9 Å². The van der Waals surface area contributed by atoms with Crippen LogP contribution in [0.4, 0.5) is 5.82 Å². The Morgan fingerprint density at radius 3 is 2.77 bits per heavy atom. The second-order valence-electron chi connectivity index (χ2n) is 3.37. The van der Waals surface area contributed by atoms with Crippen LogP contribution in [0.3, 0.4) is 0 Å². The molecule has 0 aliphatic carbocycles. The fourth-order valence-corrected chi connectivity index (χ4v) is 1.19. The van der Waals surface area contributed by atoms with Crippen molar-refractivity contribution in [3.63, 3.8) is 0 Å². The van der Waals surface area contributed by atoms with Crippen molar-refractivity contribution >= 4 is 11.8 Å². The standard InChI is InChI=1S/C8H13N3O2/c1-4(2)3-5-6(8(12)13)7(9)11-10-5/h4H,3H2,1-2H3,(H,12,13)(H3,9,10,11). The van der Waals surface area contributed by atoms with E-state index in [9.17, 15) is 4.79 Å². The average Bonchev–Trinajstić information content (AvgIpc) is 2.30. The van der Waals surface area contributed by atoms with Crippen LogP contribution in [0.1, 0.15) is 29.9 Å². The van der Waals surface area contributed by atoms with E-state index in [1.165, 1.54) is 0 Å². The zero-order valence-electron chi connectivity index (χ0n) is 7.66. The van der Waals surface area contributed by atoms with Gasteiger partial charge in [-0.2, -0.15) is 5.10 Å². The molecule has 72 valence electrons. The summed E-state index contributed by atoms with van der Waals surface area (Å²) in [5.41, 5.74) is 6.10. The van der Waals surface area contributed by atoms with Crippen molar-refractivity contribution in [2.24, 2.45) is 5.92 Å². The van der Waals surface area contributed by atoms with Gasteiger partial charge in [0.1, 0.15) is 5.56 Å². The minimum absolute atomic E-state index is 0.0585. The number of anilines is 1. The van der Waals surface area contributed by atoms with E-state index in [2.05, 4.69) is 10.2 Å². The molecule has 0 atom stereocenters. The highest BCUT2D eigenvalue weighted by Crippen LogP contribution is 2.16. The fraction of sp³-hybridized carbons (Fsp3) is 0.500. The Morgan fingerprint density at radius 1 is 1.69 bits per heavy atom. The van der Waals surface area contributed by atoms with Gasteiger partial charge in [-0.25, -0.2) is 4.79 Å². The van der Waals surface area contributed by atoms with Crippen molar-refractivity contribution in [1.29, 1.82) is 0 Å². The van der Waals surface area contributed by atoms with E-state index < -0.39 is 5.97 Å². The van der Waals surface area contributed by atoms with E-state index in [4.69, 9.17) is 10.8 Å². The minimum Gasteiger partial charge on any atom is -0.477 e. The molecule has 1 heterocycles. The van der Waals surface area contributed by atoms with E-state index >= 15 is 0 Å². The normalized spacial score (nSPS) is 10.7. The van der Waals surface area contributed by atoms with Crippen molar-refractivity contribution < 1.29 is 9.90 Å². The van der Waals surface area contributed by atoms with Crippen molar-refractivity contribution in [2.75, 3.05) is 5.73 Å². The third-order valence-corrected chi connectivity index (χ3v) is 1.70. The highest BCUT2D eigenvalue weighted by atomic mass is 16.4. The Balaban J connectivity index is 3.00. The number of aromatic nitrogens is 2. The van der Waals surface area contributed by atoms with Gasteiger partial charge in [0.05, 0.1) is 5.69 Å². The molecule has 0 aromatic carbocycles. The number of nitrogen functional groups attached to an aromatic ring is 1. The molecule has 1 aromatic heterocycles. The predicted octanol–water partition coefficient (Wildman–Crippen LogP) is 0.889. The summed E-state index contributed by atoms with van der Waals surface area (Å²) in [5, 5.41) is 15.1. The van der Waals surface area contributed by atoms with Crippen molar-refractivity contribution in [1.82, 2.24) is 10.2 Å². The van der Waals surface area contributed by atoms with Crippen molar-refractivity contribution in [2.45, 2.75) is 20.3 Å². The van der Waals surface area contributed by atoms with E-state index in [1.807, 2.05) is 13.8 Å². The number of nitrogens with one attached hydrogen (secondary N) is 1. The minimum atomic E-state index is -1.03. The second-order valence-corrected chi connectivity index (χ2v) is 3.37. The van der Waals surface area contributed by atoms with Crippen LogP contribution in [0.5, 0.6) is 0 Å². The van der Waals surface area contributed by atoms with Crippen molar-refractivity contribution in [3.8, 4) is 0 Å². The molecule has 0 spiro atoms. The highest BCUT2D eigenvalue weighted by Gasteiger charge is 2.17. The number of aromatic amines is 1. The largest absolute Gasteiger partial charge is 0.477 e. The van der Waals surface area contributed by atoms with Gasteiger partial charge >= 0.3 is 5.97 Å². The number of aromatic carboxylic acids is 1. The van der Waals surface area contributed by atoms with Gasteiger partial charge in [-0.3, -0.25) is 5.10 Å². The predicted molar refractivity (Wildman–Crippen MR) is 48.5 cm³/mol. The third-order valence-electron chi connectivity index (χ3n) is 1.70. The molecule has 13 heavy (non-hydrogen) atoms. The molecule has 0 saturated carbocycles. The first-order valence-corrected chi connectivity index (χ1v) is 4.08. The lowest BCUT2D eigenvalue weighted by Crippen LogP contribution is -2.05. The number of hydrogen-bond acceptors (Lipinski definition) is 3. The van der Waals surface area contributed by atoms with E-state index in [1.54, 1.807) is 0 Å². The zero-order valence-corrected chi connectivity index (χ0v) is 7.66. The summed E-state index contributed by atoms with van der Waals surface area (Å²) in [6.45, 7) is 4.01. The van der Waals surface area contributed by atoms with Crippen LogP contribution >= 0.6 is 0 Å². The van der Waals surface area contributed by atoms with E-state index in [0.717, 1.165) is 0 Å². The van der Waals surface area contributed by atoms with Crippen LogP contribution in [0.2, 0.25) is 0 Å². The lowest BCUT2D eigenvalue weighted by atomic mass is 10.1. The van der Waals surface area contributed by atoms with Gasteiger partial charge in [-0.05, 0) is 12.3 Å². The van der Waals surface area contributed by atoms with Gasteiger partial charge in [0.25, 0.3) is 0 Å². The number of H-pyrrole nitrogens is 1. The summed E-state index contributed by atoms with van der Waals surface area (Å²) in [6.07, 6.45) is 0.645. The number of rotatable bonds is 3. The first kappa shape index (κ1) is 9.57. The zero-order chi connectivity index (χ0) is 10.0. The summed E-state index contributed by atoms with van der Waals surface area (Å²) in [7, 11) is 0. The molecular weight excluding hydrogens is 170 g/mol. The van der Waals surface area contributed by atoms with Gasteiger partial charge in [0.2, 0.25) is 0 Å². The fourth-order valence-electron chi connectivity index (χ4n) is 1.19. The van der Waals surface area contributed by atoms with E-state index in [0.29, 0.717) is 18.0 Å². The third kappa shape index (κ3) is 1.99. The number of carboxylic acid groups (broad SMARTS) is 1. The molecule has 0 saturated heterocycles. The second kappa shape index (κ2) is 3.47. The van der Waals surface area contributed by atoms with Crippen LogP contribution in [0.15, 0.2) is 0 Å². The first-order valence-electron chi connectivity index (χ1n) is 4.08. The highest BCUT2D eigenvalue weighted by molar-refractivity contribution is 5.93. The molecule has 5 nitrogen and oxygen atoms in total. The Kier molecular flexibility index (Phi) is 2.55. The van der Waals surface area contributed by atoms with Gasteiger partial charge < -0.3 is 10.8 Å². The number of carboxylic acids is 1. The molecule has 0 fully saturated rings. The first-order chi connectivity index (χ1) is 6.02. The summed E-state index contributed by atoms with van der Waals surface area (Å²) in [4.78, 5) is 10.7. The molecule has 1 aromatic rings. The van der Waals surface area contributed by atoms with Crippen LogP contribution in [0, 0.1) is 5.92 Å². The molecule has 0 radical (unpaired) electrons. The lowest BCUT2D eigenvalue weighted by Gasteiger charge is -2.02. The van der Waals surface area contributed by atoms with Gasteiger partial charge in [-0.15, -0.1) is 0 Å². The number of nitrogens with two attached hydrogens (primary N) is 1. The quantitative estimate of drug-likeness (QED) is 0.648. The van der Waals surface area contributed by atoms with E-state index in [-0.39, 0.29) is 11.4 Å². The molecule has 0 amide bonds. The van der Waals surface area contributed by atoms with Crippen molar-refractivity contribution in [3.05, 3.63) is 11.3 Å². The molecule has 0 aliphatic rings. The molecule has 0 aliphatic heterocycles.